The highest BCUT2D eigenvalue weighted by molar-refractivity contribution is 7.92. The SMILES string of the molecule is CC[C@@H](C)NC(=O)[C@@H](Cc1ccccc1)N(Cc1ccccc1F)C(=O)CN(c1ccc(F)c(Cl)c1)S(=O)(=O)c1ccccc1. The molecule has 2 atom stereocenters. The summed E-state index contributed by atoms with van der Waals surface area (Å²) in [5.41, 5.74) is 0.822. The first-order valence-electron chi connectivity index (χ1n) is 14.4. The van der Waals surface area contributed by atoms with Gasteiger partial charge in [-0.15, -0.1) is 0 Å². The fraction of sp³-hybridized carbons (Fsp3) is 0.235. The Labute approximate surface area is 267 Å². The lowest BCUT2D eigenvalue weighted by Gasteiger charge is -2.34. The number of hydrogen-bond donors (Lipinski definition) is 1. The van der Waals surface area contributed by atoms with Gasteiger partial charge in [0.05, 0.1) is 15.6 Å². The van der Waals surface area contributed by atoms with Gasteiger partial charge in [-0.2, -0.15) is 0 Å². The number of hydrogen-bond acceptors (Lipinski definition) is 4. The summed E-state index contributed by atoms with van der Waals surface area (Å²) < 4.78 is 57.9. The van der Waals surface area contributed by atoms with Crippen molar-refractivity contribution in [1.29, 1.82) is 0 Å². The number of halogens is 3. The fourth-order valence-corrected chi connectivity index (χ4v) is 6.30. The number of carbonyl (C=O) groups excluding carboxylic acids is 2. The van der Waals surface area contributed by atoms with Gasteiger partial charge in [0, 0.05) is 24.6 Å². The lowest BCUT2D eigenvalue weighted by molar-refractivity contribution is -0.140. The number of rotatable bonds is 13. The van der Waals surface area contributed by atoms with Crippen LogP contribution in [0, 0.1) is 11.6 Å². The average Bonchev–Trinajstić information content (AvgIpc) is 3.04. The first-order valence-corrected chi connectivity index (χ1v) is 16.2. The highest BCUT2D eigenvalue weighted by Gasteiger charge is 2.35. The zero-order valence-corrected chi connectivity index (χ0v) is 26.4. The first kappa shape index (κ1) is 33.6. The van der Waals surface area contributed by atoms with E-state index in [-0.39, 0.29) is 40.2 Å². The molecular weight excluding hydrogens is 620 g/mol. The van der Waals surface area contributed by atoms with E-state index in [0.717, 1.165) is 22.0 Å². The second kappa shape index (κ2) is 15.1. The van der Waals surface area contributed by atoms with E-state index >= 15 is 0 Å². The Morgan fingerprint density at radius 2 is 1.49 bits per heavy atom. The van der Waals surface area contributed by atoms with E-state index < -0.39 is 46.1 Å². The summed E-state index contributed by atoms with van der Waals surface area (Å²) in [6.07, 6.45) is 0.705. The molecule has 0 radical (unpaired) electrons. The van der Waals surface area contributed by atoms with Crippen LogP contribution in [0.5, 0.6) is 0 Å². The summed E-state index contributed by atoms with van der Waals surface area (Å²) in [4.78, 5) is 29.3. The van der Waals surface area contributed by atoms with Crippen molar-refractivity contribution in [2.24, 2.45) is 0 Å². The first-order chi connectivity index (χ1) is 21.5. The van der Waals surface area contributed by atoms with Crippen molar-refractivity contribution in [2.45, 2.75) is 50.2 Å². The average molecular weight is 654 g/mol. The molecule has 0 aliphatic rings. The van der Waals surface area contributed by atoms with Gasteiger partial charge in [-0.25, -0.2) is 17.2 Å². The molecule has 4 rings (SSSR count). The quantitative estimate of drug-likeness (QED) is 0.182. The minimum atomic E-state index is -4.39. The molecule has 11 heteroatoms. The Morgan fingerprint density at radius 1 is 0.867 bits per heavy atom. The van der Waals surface area contributed by atoms with Crippen molar-refractivity contribution in [3.8, 4) is 0 Å². The highest BCUT2D eigenvalue weighted by Crippen LogP contribution is 2.28. The maximum absolute atomic E-state index is 15.0. The maximum Gasteiger partial charge on any atom is 0.264 e. The van der Waals surface area contributed by atoms with Crippen LogP contribution in [0.1, 0.15) is 31.4 Å². The molecule has 2 amide bonds. The van der Waals surface area contributed by atoms with Crippen LogP contribution in [-0.2, 0) is 32.6 Å². The van der Waals surface area contributed by atoms with Crippen LogP contribution in [0.15, 0.2) is 108 Å². The predicted molar refractivity (Wildman–Crippen MR) is 171 cm³/mol. The number of nitrogens with one attached hydrogen (secondary N) is 1. The molecule has 0 saturated heterocycles. The van der Waals surface area contributed by atoms with Crippen LogP contribution >= 0.6 is 11.6 Å². The van der Waals surface area contributed by atoms with Crippen molar-refractivity contribution >= 4 is 39.1 Å². The zero-order chi connectivity index (χ0) is 32.6. The molecule has 1 N–H and O–H groups in total. The molecule has 0 unspecified atom stereocenters. The van der Waals surface area contributed by atoms with Crippen LogP contribution in [0.2, 0.25) is 5.02 Å². The summed E-state index contributed by atoms with van der Waals surface area (Å²) in [5, 5.41) is 2.58. The molecule has 236 valence electrons. The molecular formula is C34H34ClF2N3O4S. The fourth-order valence-electron chi connectivity index (χ4n) is 4.69. The summed E-state index contributed by atoms with van der Waals surface area (Å²) >= 11 is 6.04. The van der Waals surface area contributed by atoms with E-state index in [1.807, 2.05) is 32.0 Å². The molecule has 0 spiro atoms. The third-order valence-electron chi connectivity index (χ3n) is 7.37. The maximum atomic E-state index is 15.0. The smallest absolute Gasteiger partial charge is 0.264 e. The van der Waals surface area contributed by atoms with E-state index in [2.05, 4.69) is 5.32 Å². The number of amides is 2. The molecule has 45 heavy (non-hydrogen) atoms. The van der Waals surface area contributed by atoms with Gasteiger partial charge < -0.3 is 10.2 Å². The summed E-state index contributed by atoms with van der Waals surface area (Å²) in [7, 11) is -4.39. The van der Waals surface area contributed by atoms with Gasteiger partial charge in [0.25, 0.3) is 10.0 Å². The monoisotopic (exact) mass is 653 g/mol. The topological polar surface area (TPSA) is 86.8 Å². The predicted octanol–water partition coefficient (Wildman–Crippen LogP) is 6.37. The summed E-state index contributed by atoms with van der Waals surface area (Å²) in [5.74, 6) is -2.61. The molecule has 0 heterocycles. The number of sulfonamides is 1. The van der Waals surface area contributed by atoms with Crippen LogP contribution in [-0.4, -0.2) is 43.8 Å². The standard InChI is InChI=1S/C34H34ClF2N3O4S/c1-3-24(2)38-34(42)32(20-25-12-6-4-7-13-25)39(22-26-14-10-11-17-30(26)36)33(41)23-40(27-18-19-31(37)29(35)21-27)45(43,44)28-15-8-5-9-16-28/h4-19,21,24,32H,3,20,22-23H2,1-2H3,(H,38,42)/t24-,32-/m1/s1. The van der Waals surface area contributed by atoms with Crippen LogP contribution in [0.3, 0.4) is 0 Å². The Balaban J connectivity index is 1.83. The zero-order valence-electron chi connectivity index (χ0n) is 24.9. The van der Waals surface area contributed by atoms with Crippen molar-refractivity contribution in [3.05, 3.63) is 131 Å². The van der Waals surface area contributed by atoms with Gasteiger partial charge in [0.15, 0.2) is 0 Å². The van der Waals surface area contributed by atoms with Gasteiger partial charge in [0.2, 0.25) is 11.8 Å². The Morgan fingerprint density at radius 3 is 2.11 bits per heavy atom. The third kappa shape index (κ3) is 8.46. The van der Waals surface area contributed by atoms with Gasteiger partial charge in [-0.1, -0.05) is 85.3 Å². The van der Waals surface area contributed by atoms with Crippen LogP contribution < -0.4 is 9.62 Å². The van der Waals surface area contributed by atoms with Crippen molar-refractivity contribution in [2.75, 3.05) is 10.8 Å². The number of nitrogens with zero attached hydrogens (tertiary/aromatic N) is 2. The van der Waals surface area contributed by atoms with Crippen molar-refractivity contribution in [1.82, 2.24) is 10.2 Å². The Bertz CT molecular complexity index is 1730. The van der Waals surface area contributed by atoms with Crippen LogP contribution in [0.4, 0.5) is 14.5 Å². The van der Waals surface area contributed by atoms with E-state index in [0.29, 0.717) is 6.42 Å². The minimum Gasteiger partial charge on any atom is -0.352 e. The molecule has 0 aliphatic carbocycles. The largest absolute Gasteiger partial charge is 0.352 e. The third-order valence-corrected chi connectivity index (χ3v) is 9.45. The number of benzene rings is 4. The summed E-state index contributed by atoms with van der Waals surface area (Å²) in [6.45, 7) is 2.63. The van der Waals surface area contributed by atoms with Gasteiger partial charge >= 0.3 is 0 Å². The van der Waals surface area contributed by atoms with Gasteiger partial charge in [-0.05, 0) is 55.3 Å². The molecule has 4 aromatic rings. The van der Waals surface area contributed by atoms with Crippen molar-refractivity contribution in [3.63, 3.8) is 0 Å². The van der Waals surface area contributed by atoms with E-state index in [1.54, 1.807) is 24.3 Å². The van der Waals surface area contributed by atoms with Crippen molar-refractivity contribution < 1.29 is 26.8 Å². The molecule has 4 aromatic carbocycles. The van der Waals surface area contributed by atoms with Crippen LogP contribution in [0.25, 0.3) is 0 Å². The Hall–Kier alpha value is -4.28. The van der Waals surface area contributed by atoms with E-state index in [9.17, 15) is 26.8 Å². The Kier molecular flexibility index (Phi) is 11.3. The lowest BCUT2D eigenvalue weighted by atomic mass is 10.0. The van der Waals surface area contributed by atoms with E-state index in [1.165, 1.54) is 53.4 Å². The highest BCUT2D eigenvalue weighted by atomic mass is 35.5. The normalized spacial score (nSPS) is 12.6. The molecule has 0 saturated carbocycles. The van der Waals surface area contributed by atoms with Gasteiger partial charge in [0.1, 0.15) is 24.2 Å². The molecule has 0 aromatic heterocycles. The summed E-state index contributed by atoms with van der Waals surface area (Å²) in [6, 6.07) is 24.3. The minimum absolute atomic E-state index is 0.0619. The lowest BCUT2D eigenvalue weighted by Crippen LogP contribution is -2.54. The molecule has 0 fully saturated rings. The van der Waals surface area contributed by atoms with E-state index in [4.69, 9.17) is 11.6 Å². The molecule has 7 nitrogen and oxygen atoms in total. The second-order valence-electron chi connectivity index (χ2n) is 10.6. The molecule has 0 aliphatic heterocycles. The molecule has 0 bridgehead atoms. The number of anilines is 1. The number of carbonyl (C=O) groups is 2. The second-order valence-corrected chi connectivity index (χ2v) is 12.8. The van der Waals surface area contributed by atoms with Gasteiger partial charge in [-0.3, -0.25) is 13.9 Å².